The largest absolute Gasteiger partial charge is 0.486 e. The minimum Gasteiger partial charge on any atom is -0.486 e. The molecule has 0 saturated carbocycles. The maximum atomic E-state index is 12.2. The lowest BCUT2D eigenvalue weighted by molar-refractivity contribution is -0.124. The highest BCUT2D eigenvalue weighted by Gasteiger charge is 2.22. The molecule has 1 aromatic carbocycles. The Labute approximate surface area is 137 Å². The molecular formula is C17H26N2O4. The Morgan fingerprint density at radius 3 is 2.61 bits per heavy atom. The fourth-order valence-electron chi connectivity index (χ4n) is 2.59. The molecule has 1 heterocycles. The zero-order valence-electron chi connectivity index (χ0n) is 14.0. The van der Waals surface area contributed by atoms with Gasteiger partial charge in [-0.25, -0.2) is 0 Å². The van der Waals surface area contributed by atoms with Gasteiger partial charge in [0.1, 0.15) is 13.2 Å². The number of carbonyl (C=O) groups excluding carboxylic acids is 1. The lowest BCUT2D eigenvalue weighted by Gasteiger charge is -2.26. The molecule has 2 rings (SSSR count). The van der Waals surface area contributed by atoms with Crippen molar-refractivity contribution in [3.63, 3.8) is 0 Å². The third-order valence-corrected chi connectivity index (χ3v) is 3.92. The Bertz CT molecular complexity index is 529. The summed E-state index contributed by atoms with van der Waals surface area (Å²) in [6, 6.07) is 5.70. The highest BCUT2D eigenvalue weighted by atomic mass is 16.6. The van der Waals surface area contributed by atoms with E-state index in [0.717, 1.165) is 17.1 Å². The van der Waals surface area contributed by atoms with E-state index in [0.29, 0.717) is 19.8 Å². The minimum absolute atomic E-state index is 0.0733. The maximum Gasteiger partial charge on any atom is 0.223 e. The van der Waals surface area contributed by atoms with E-state index in [-0.39, 0.29) is 30.4 Å². The summed E-state index contributed by atoms with van der Waals surface area (Å²) < 4.78 is 16.3. The van der Waals surface area contributed by atoms with Gasteiger partial charge in [-0.3, -0.25) is 4.79 Å². The number of nitrogens with two attached hydrogens (primary N) is 1. The van der Waals surface area contributed by atoms with E-state index in [1.807, 2.05) is 18.2 Å². The normalized spacial score (nSPS) is 16.0. The summed E-state index contributed by atoms with van der Waals surface area (Å²) in [4.78, 5) is 12.2. The molecule has 0 bridgehead atoms. The van der Waals surface area contributed by atoms with E-state index in [4.69, 9.17) is 19.9 Å². The van der Waals surface area contributed by atoms with E-state index in [1.165, 1.54) is 0 Å². The second kappa shape index (κ2) is 8.17. The standard InChI is InChI=1S/C17H26N2O4/c1-11(2)17(19-16(20)9-13(10-18)21-3)12-4-5-14-15(8-12)23-7-6-22-14/h4-5,8,11,13,17H,6-7,9-10,18H2,1-3H3,(H,19,20). The van der Waals surface area contributed by atoms with Gasteiger partial charge in [-0.1, -0.05) is 19.9 Å². The summed E-state index contributed by atoms with van der Waals surface area (Å²) >= 11 is 0. The second-order valence-corrected chi connectivity index (χ2v) is 5.99. The van der Waals surface area contributed by atoms with Gasteiger partial charge in [0.05, 0.1) is 18.6 Å². The summed E-state index contributed by atoms with van der Waals surface area (Å²) in [6.45, 7) is 5.56. The van der Waals surface area contributed by atoms with Crippen LogP contribution in [0.25, 0.3) is 0 Å². The molecule has 0 aliphatic carbocycles. The molecule has 2 atom stereocenters. The number of rotatable bonds is 7. The number of methoxy groups -OCH3 is 1. The first-order valence-electron chi connectivity index (χ1n) is 7.97. The van der Waals surface area contributed by atoms with Crippen molar-refractivity contribution in [2.24, 2.45) is 11.7 Å². The fourth-order valence-corrected chi connectivity index (χ4v) is 2.59. The molecule has 1 aliphatic rings. The number of hydrogen-bond acceptors (Lipinski definition) is 5. The molecule has 0 radical (unpaired) electrons. The Hall–Kier alpha value is -1.79. The van der Waals surface area contributed by atoms with Gasteiger partial charge in [-0.2, -0.15) is 0 Å². The Balaban J connectivity index is 2.10. The summed E-state index contributed by atoms with van der Waals surface area (Å²) in [6.07, 6.45) is -0.0103. The minimum atomic E-state index is -0.261. The molecule has 128 valence electrons. The molecule has 1 aromatic rings. The quantitative estimate of drug-likeness (QED) is 0.797. The zero-order chi connectivity index (χ0) is 16.8. The molecule has 0 spiro atoms. The number of benzene rings is 1. The highest BCUT2D eigenvalue weighted by molar-refractivity contribution is 5.77. The number of ether oxygens (including phenoxy) is 3. The summed E-state index contributed by atoms with van der Waals surface area (Å²) in [5, 5.41) is 3.07. The first kappa shape index (κ1) is 17.6. The number of carbonyl (C=O) groups is 1. The van der Waals surface area contributed by atoms with Crippen molar-refractivity contribution < 1.29 is 19.0 Å². The van der Waals surface area contributed by atoms with Crippen LogP contribution in [0.2, 0.25) is 0 Å². The maximum absolute atomic E-state index is 12.2. The first-order chi connectivity index (χ1) is 11.0. The lowest BCUT2D eigenvalue weighted by Crippen LogP contribution is -2.36. The van der Waals surface area contributed by atoms with Gasteiger partial charge in [0, 0.05) is 13.7 Å². The van der Waals surface area contributed by atoms with Gasteiger partial charge in [0.15, 0.2) is 11.5 Å². The van der Waals surface area contributed by atoms with Crippen LogP contribution in [0.4, 0.5) is 0 Å². The van der Waals surface area contributed by atoms with Crippen LogP contribution in [0.3, 0.4) is 0 Å². The fraction of sp³-hybridized carbons (Fsp3) is 0.588. The molecular weight excluding hydrogens is 296 g/mol. The van der Waals surface area contributed by atoms with Gasteiger partial charge in [0.2, 0.25) is 5.91 Å². The molecule has 6 nitrogen and oxygen atoms in total. The average molecular weight is 322 g/mol. The van der Waals surface area contributed by atoms with Crippen molar-refractivity contribution in [1.82, 2.24) is 5.32 Å². The van der Waals surface area contributed by atoms with Crippen LogP contribution >= 0.6 is 0 Å². The monoisotopic (exact) mass is 322 g/mol. The van der Waals surface area contributed by atoms with Crippen LogP contribution in [0, 0.1) is 5.92 Å². The average Bonchev–Trinajstić information content (AvgIpc) is 2.56. The first-order valence-corrected chi connectivity index (χ1v) is 7.97. The molecule has 0 saturated heterocycles. The Kier molecular flexibility index (Phi) is 6.24. The number of hydrogen-bond donors (Lipinski definition) is 2. The van der Waals surface area contributed by atoms with Gasteiger partial charge in [-0.05, 0) is 23.6 Å². The van der Waals surface area contributed by atoms with Crippen molar-refractivity contribution in [3.8, 4) is 11.5 Å². The van der Waals surface area contributed by atoms with Crippen LogP contribution in [0.15, 0.2) is 18.2 Å². The summed E-state index contributed by atoms with van der Waals surface area (Å²) in [5.41, 5.74) is 6.57. The summed E-state index contributed by atoms with van der Waals surface area (Å²) in [7, 11) is 1.56. The predicted molar refractivity (Wildman–Crippen MR) is 87.6 cm³/mol. The van der Waals surface area contributed by atoms with Gasteiger partial charge >= 0.3 is 0 Å². The second-order valence-electron chi connectivity index (χ2n) is 5.99. The van der Waals surface area contributed by atoms with Gasteiger partial charge in [-0.15, -0.1) is 0 Å². The molecule has 1 aliphatic heterocycles. The van der Waals surface area contributed by atoms with Crippen LogP contribution in [0.5, 0.6) is 11.5 Å². The van der Waals surface area contributed by atoms with Crippen LogP contribution in [0.1, 0.15) is 31.9 Å². The zero-order valence-corrected chi connectivity index (χ0v) is 14.0. The predicted octanol–water partition coefficient (Wildman–Crippen LogP) is 1.63. The Morgan fingerprint density at radius 2 is 2.00 bits per heavy atom. The molecule has 2 unspecified atom stereocenters. The smallest absolute Gasteiger partial charge is 0.223 e. The van der Waals surface area contributed by atoms with Gasteiger partial charge in [0.25, 0.3) is 0 Å². The van der Waals surface area contributed by atoms with Crippen LogP contribution in [-0.2, 0) is 9.53 Å². The van der Waals surface area contributed by atoms with E-state index in [9.17, 15) is 4.79 Å². The van der Waals surface area contributed by atoms with E-state index in [2.05, 4.69) is 19.2 Å². The number of fused-ring (bicyclic) bond motifs is 1. The third-order valence-electron chi connectivity index (χ3n) is 3.92. The molecule has 6 heteroatoms. The van der Waals surface area contributed by atoms with Gasteiger partial charge < -0.3 is 25.3 Å². The molecule has 3 N–H and O–H groups in total. The highest BCUT2D eigenvalue weighted by Crippen LogP contribution is 2.34. The van der Waals surface area contributed by atoms with Crippen molar-refractivity contribution in [2.45, 2.75) is 32.4 Å². The van der Waals surface area contributed by atoms with Crippen molar-refractivity contribution >= 4 is 5.91 Å². The number of amides is 1. The molecule has 23 heavy (non-hydrogen) atoms. The SMILES string of the molecule is COC(CN)CC(=O)NC(c1ccc2c(c1)OCCO2)C(C)C. The van der Waals surface area contributed by atoms with Crippen LogP contribution < -0.4 is 20.5 Å². The molecule has 0 fully saturated rings. The van der Waals surface area contributed by atoms with Crippen molar-refractivity contribution in [2.75, 3.05) is 26.9 Å². The topological polar surface area (TPSA) is 82.8 Å². The molecule has 0 aromatic heterocycles. The van der Waals surface area contributed by atoms with E-state index in [1.54, 1.807) is 7.11 Å². The van der Waals surface area contributed by atoms with E-state index < -0.39 is 0 Å². The summed E-state index contributed by atoms with van der Waals surface area (Å²) in [5.74, 6) is 1.64. The Morgan fingerprint density at radius 1 is 1.30 bits per heavy atom. The van der Waals surface area contributed by atoms with Crippen molar-refractivity contribution in [3.05, 3.63) is 23.8 Å². The molecule has 1 amide bonds. The third kappa shape index (κ3) is 4.59. The van der Waals surface area contributed by atoms with Crippen molar-refractivity contribution in [1.29, 1.82) is 0 Å². The van der Waals surface area contributed by atoms with Crippen LogP contribution in [-0.4, -0.2) is 38.9 Å². The van der Waals surface area contributed by atoms with E-state index >= 15 is 0 Å². The lowest BCUT2D eigenvalue weighted by atomic mass is 9.95. The number of nitrogens with one attached hydrogen (secondary N) is 1.